The Morgan fingerprint density at radius 3 is 2.29 bits per heavy atom. The number of aryl methyl sites for hydroxylation is 1. The molecule has 0 radical (unpaired) electrons. The van der Waals surface area contributed by atoms with Crippen LogP contribution in [0.3, 0.4) is 0 Å². The molecule has 2 amide bonds. The predicted octanol–water partition coefficient (Wildman–Crippen LogP) is 1.12. The van der Waals surface area contributed by atoms with Gasteiger partial charge in [0.15, 0.2) is 0 Å². The predicted molar refractivity (Wildman–Crippen MR) is 104 cm³/mol. The van der Waals surface area contributed by atoms with Crippen LogP contribution < -0.4 is 5.32 Å². The van der Waals surface area contributed by atoms with E-state index in [4.69, 9.17) is 9.90 Å². The SMILES string of the molecule is CNC(=O)CN1CCC2(CCCN(C(=O)c3ccn(C)n3)C2)CC1.O=C(O)C(F)(F)F. The van der Waals surface area contributed by atoms with Crippen molar-refractivity contribution in [2.75, 3.05) is 39.8 Å². The molecule has 174 valence electrons. The number of halogens is 3. The molecule has 2 N–H and O–H groups in total. The van der Waals surface area contributed by atoms with Crippen molar-refractivity contribution in [1.82, 2.24) is 24.9 Å². The van der Waals surface area contributed by atoms with Gasteiger partial charge in [0, 0.05) is 33.4 Å². The van der Waals surface area contributed by atoms with E-state index in [0.717, 1.165) is 45.4 Å². The monoisotopic (exact) mass is 447 g/mol. The van der Waals surface area contributed by atoms with E-state index in [0.29, 0.717) is 12.2 Å². The summed E-state index contributed by atoms with van der Waals surface area (Å²) >= 11 is 0. The van der Waals surface area contributed by atoms with Crippen LogP contribution in [0.15, 0.2) is 12.3 Å². The quantitative estimate of drug-likeness (QED) is 0.719. The number of nitrogens with zero attached hydrogens (tertiary/aromatic N) is 4. The third kappa shape index (κ3) is 6.94. The van der Waals surface area contributed by atoms with Gasteiger partial charge < -0.3 is 15.3 Å². The molecule has 12 heteroatoms. The molecule has 2 fully saturated rings. The summed E-state index contributed by atoms with van der Waals surface area (Å²) in [6, 6.07) is 1.79. The number of hydrogen-bond acceptors (Lipinski definition) is 5. The van der Waals surface area contributed by atoms with E-state index in [1.54, 1.807) is 17.8 Å². The Labute approximate surface area is 178 Å². The number of likely N-dealkylation sites (tertiary alicyclic amines) is 2. The standard InChI is InChI=1S/C17H27N5O2.C2HF3O2/c1-18-15(23)12-21-10-6-17(7-11-21)5-3-8-22(13-17)16(24)14-4-9-20(2)19-14;3-2(4,5)1(6)7/h4,9H,3,5-8,10-13H2,1-2H3,(H,18,23);(H,6,7). The van der Waals surface area contributed by atoms with Crippen LogP contribution in [0.25, 0.3) is 0 Å². The summed E-state index contributed by atoms with van der Waals surface area (Å²) in [5.41, 5.74) is 0.744. The van der Waals surface area contributed by atoms with Gasteiger partial charge in [-0.3, -0.25) is 19.2 Å². The number of nitrogens with one attached hydrogen (secondary N) is 1. The fourth-order valence-electron chi connectivity index (χ4n) is 3.95. The van der Waals surface area contributed by atoms with E-state index in [1.165, 1.54) is 6.42 Å². The highest BCUT2D eigenvalue weighted by molar-refractivity contribution is 5.92. The average molecular weight is 447 g/mol. The van der Waals surface area contributed by atoms with Gasteiger partial charge in [-0.25, -0.2) is 4.79 Å². The summed E-state index contributed by atoms with van der Waals surface area (Å²) in [5.74, 6) is -2.64. The number of piperidine rings is 2. The highest BCUT2D eigenvalue weighted by Gasteiger charge is 2.40. The Bertz CT molecular complexity index is 788. The molecule has 0 bridgehead atoms. The number of alkyl halides is 3. The number of rotatable bonds is 3. The highest BCUT2D eigenvalue weighted by atomic mass is 19.4. The van der Waals surface area contributed by atoms with E-state index < -0.39 is 12.1 Å². The lowest BCUT2D eigenvalue weighted by Gasteiger charge is -2.47. The first-order valence-electron chi connectivity index (χ1n) is 9.98. The molecule has 2 aliphatic heterocycles. The van der Waals surface area contributed by atoms with E-state index in [9.17, 15) is 22.8 Å². The summed E-state index contributed by atoms with van der Waals surface area (Å²) in [7, 11) is 3.51. The van der Waals surface area contributed by atoms with Crippen molar-refractivity contribution >= 4 is 17.8 Å². The van der Waals surface area contributed by atoms with Crippen molar-refractivity contribution in [2.45, 2.75) is 31.9 Å². The van der Waals surface area contributed by atoms with E-state index in [2.05, 4.69) is 15.3 Å². The number of carboxylic acid groups (broad SMARTS) is 1. The van der Waals surface area contributed by atoms with Crippen molar-refractivity contribution in [1.29, 1.82) is 0 Å². The van der Waals surface area contributed by atoms with Crippen LogP contribution in [0, 0.1) is 5.41 Å². The van der Waals surface area contributed by atoms with E-state index in [-0.39, 0.29) is 17.2 Å². The zero-order valence-electron chi connectivity index (χ0n) is 17.6. The number of aliphatic carboxylic acids is 1. The molecule has 1 spiro atoms. The lowest BCUT2D eigenvalue weighted by atomic mass is 9.72. The zero-order valence-corrected chi connectivity index (χ0v) is 17.6. The van der Waals surface area contributed by atoms with Gasteiger partial charge in [-0.15, -0.1) is 0 Å². The molecule has 0 aromatic carbocycles. The Kier molecular flexibility index (Phi) is 8.04. The second-order valence-electron chi connectivity index (χ2n) is 7.96. The maximum atomic E-state index is 12.7. The molecule has 1 aromatic rings. The number of likely N-dealkylation sites (N-methyl/N-ethyl adjacent to an activating group) is 1. The number of hydrogen-bond donors (Lipinski definition) is 2. The lowest BCUT2D eigenvalue weighted by Crippen LogP contribution is -2.52. The van der Waals surface area contributed by atoms with E-state index >= 15 is 0 Å². The molecule has 2 aliphatic rings. The van der Waals surface area contributed by atoms with E-state index in [1.807, 2.05) is 18.1 Å². The Morgan fingerprint density at radius 2 is 1.81 bits per heavy atom. The molecule has 1 aromatic heterocycles. The summed E-state index contributed by atoms with van der Waals surface area (Å²) in [4.78, 5) is 37.3. The molecule has 9 nitrogen and oxygen atoms in total. The second kappa shape index (κ2) is 10.1. The van der Waals surface area contributed by atoms with Crippen LogP contribution in [0.2, 0.25) is 0 Å². The normalized spacial score (nSPS) is 18.8. The number of aromatic nitrogens is 2. The maximum absolute atomic E-state index is 12.7. The summed E-state index contributed by atoms with van der Waals surface area (Å²) in [5, 5.41) is 14.1. The molecule has 0 aliphatic carbocycles. The third-order valence-corrected chi connectivity index (χ3v) is 5.69. The second-order valence-corrected chi connectivity index (χ2v) is 7.96. The minimum atomic E-state index is -5.08. The first-order valence-corrected chi connectivity index (χ1v) is 9.98. The molecule has 0 saturated carbocycles. The minimum absolute atomic E-state index is 0.0439. The lowest BCUT2D eigenvalue weighted by molar-refractivity contribution is -0.192. The molecule has 2 saturated heterocycles. The molecule has 0 unspecified atom stereocenters. The van der Waals surface area contributed by atoms with Crippen LogP contribution in [0.1, 0.15) is 36.2 Å². The highest BCUT2D eigenvalue weighted by Crippen LogP contribution is 2.40. The van der Waals surface area contributed by atoms with Crippen LogP contribution >= 0.6 is 0 Å². The first-order chi connectivity index (χ1) is 14.5. The topological polar surface area (TPSA) is 108 Å². The Hall–Kier alpha value is -2.63. The molecule has 31 heavy (non-hydrogen) atoms. The smallest absolute Gasteiger partial charge is 0.475 e. The van der Waals surface area contributed by atoms with Gasteiger partial charge in [0.05, 0.1) is 6.54 Å². The summed E-state index contributed by atoms with van der Waals surface area (Å²) in [6.45, 7) is 3.97. The van der Waals surface area contributed by atoms with Gasteiger partial charge in [0.2, 0.25) is 5.91 Å². The van der Waals surface area contributed by atoms with Gasteiger partial charge in [-0.2, -0.15) is 18.3 Å². The van der Waals surface area contributed by atoms with Crippen molar-refractivity contribution in [3.05, 3.63) is 18.0 Å². The zero-order chi connectivity index (χ0) is 23.2. The van der Waals surface area contributed by atoms with Crippen LogP contribution in [0.4, 0.5) is 13.2 Å². The number of carboxylic acids is 1. The number of carbonyl (C=O) groups excluding carboxylic acids is 2. The Morgan fingerprint density at radius 1 is 1.19 bits per heavy atom. The van der Waals surface area contributed by atoms with Crippen LogP contribution in [0.5, 0.6) is 0 Å². The van der Waals surface area contributed by atoms with Gasteiger partial charge in [0.1, 0.15) is 5.69 Å². The van der Waals surface area contributed by atoms with Crippen LogP contribution in [-0.4, -0.2) is 88.4 Å². The molecule has 3 rings (SSSR count). The molecular weight excluding hydrogens is 419 g/mol. The largest absolute Gasteiger partial charge is 0.490 e. The minimum Gasteiger partial charge on any atom is -0.475 e. The van der Waals surface area contributed by atoms with Crippen LogP contribution in [-0.2, 0) is 16.6 Å². The fourth-order valence-corrected chi connectivity index (χ4v) is 3.95. The van der Waals surface area contributed by atoms with Gasteiger partial charge in [-0.1, -0.05) is 0 Å². The number of carbonyl (C=O) groups is 3. The Balaban J connectivity index is 0.000000423. The molecule has 3 heterocycles. The first kappa shape index (κ1) is 24.6. The van der Waals surface area contributed by atoms with Gasteiger partial charge >= 0.3 is 12.1 Å². The van der Waals surface area contributed by atoms with Crippen molar-refractivity contribution in [3.63, 3.8) is 0 Å². The summed E-state index contributed by atoms with van der Waals surface area (Å²) in [6.07, 6.45) is 1.05. The number of amides is 2. The molecular formula is C19H28F3N5O4. The third-order valence-electron chi connectivity index (χ3n) is 5.69. The van der Waals surface area contributed by atoms with Gasteiger partial charge in [0.25, 0.3) is 5.91 Å². The van der Waals surface area contributed by atoms with Crippen molar-refractivity contribution in [3.8, 4) is 0 Å². The summed E-state index contributed by atoms with van der Waals surface area (Å²) < 4.78 is 33.4. The maximum Gasteiger partial charge on any atom is 0.490 e. The van der Waals surface area contributed by atoms with Crippen molar-refractivity contribution < 1.29 is 32.7 Å². The van der Waals surface area contributed by atoms with Crippen molar-refractivity contribution in [2.24, 2.45) is 12.5 Å². The van der Waals surface area contributed by atoms with Gasteiger partial charge in [-0.05, 0) is 50.3 Å². The fraction of sp³-hybridized carbons (Fsp3) is 0.684. The average Bonchev–Trinajstić information content (AvgIpc) is 3.15. The molecule has 0 atom stereocenters.